The molecule has 0 unspecified atom stereocenters. The van der Waals surface area contributed by atoms with Crippen molar-refractivity contribution in [1.82, 2.24) is 19.2 Å². The van der Waals surface area contributed by atoms with Crippen LogP contribution in [0.15, 0.2) is 17.6 Å². The number of rotatable bonds is 6. The van der Waals surface area contributed by atoms with Crippen LogP contribution < -0.4 is 5.32 Å². The van der Waals surface area contributed by atoms with Crippen LogP contribution in [0, 0.1) is 0 Å². The molecule has 0 fully saturated rings. The van der Waals surface area contributed by atoms with E-state index in [-0.39, 0.29) is 5.03 Å². The van der Waals surface area contributed by atoms with E-state index < -0.39 is 10.0 Å². The Morgan fingerprint density at radius 1 is 1.56 bits per heavy atom. The maximum atomic E-state index is 12.0. The quantitative estimate of drug-likeness (QED) is 0.751. The molecule has 0 atom stereocenters. The number of nitrogens with zero attached hydrogens (tertiary/aromatic N) is 3. The van der Waals surface area contributed by atoms with Crippen molar-refractivity contribution in [3.8, 4) is 0 Å². The Hall–Kier alpha value is -0.920. The summed E-state index contributed by atoms with van der Waals surface area (Å²) in [6, 6.07) is 0. The summed E-state index contributed by atoms with van der Waals surface area (Å²) in [5.74, 6) is 0. The lowest BCUT2D eigenvalue weighted by Crippen LogP contribution is -2.33. The molecule has 1 rings (SSSR count). The largest absolute Gasteiger partial charge is 0.336 e. The Labute approximate surface area is 96.3 Å². The van der Waals surface area contributed by atoms with Crippen molar-refractivity contribution in [3.05, 3.63) is 12.5 Å². The third-order valence-corrected chi connectivity index (χ3v) is 4.07. The second-order valence-electron chi connectivity index (χ2n) is 3.47. The van der Waals surface area contributed by atoms with Crippen molar-refractivity contribution in [3.63, 3.8) is 0 Å². The highest BCUT2D eigenvalue weighted by Crippen LogP contribution is 2.10. The minimum Gasteiger partial charge on any atom is -0.336 e. The molecule has 1 heterocycles. The summed E-state index contributed by atoms with van der Waals surface area (Å²) >= 11 is 0. The maximum Gasteiger partial charge on any atom is 0.261 e. The number of aryl methyl sites for hydroxylation is 1. The zero-order valence-electron chi connectivity index (χ0n) is 9.84. The first-order valence-electron chi connectivity index (χ1n) is 5.15. The van der Waals surface area contributed by atoms with Gasteiger partial charge in [-0.3, -0.25) is 0 Å². The van der Waals surface area contributed by atoms with Crippen LogP contribution in [-0.2, 0) is 16.6 Å². The predicted octanol–water partition coefficient (Wildman–Crippen LogP) is -0.257. The zero-order chi connectivity index (χ0) is 12.2. The normalized spacial score (nSPS) is 12.2. The summed E-state index contributed by atoms with van der Waals surface area (Å²) in [6.07, 6.45) is 3.07. The van der Waals surface area contributed by atoms with Gasteiger partial charge in [-0.2, -0.15) is 4.31 Å². The number of aromatic nitrogens is 2. The topological polar surface area (TPSA) is 67.2 Å². The second kappa shape index (κ2) is 5.42. The van der Waals surface area contributed by atoms with Gasteiger partial charge >= 0.3 is 0 Å². The van der Waals surface area contributed by atoms with Gasteiger partial charge < -0.3 is 9.88 Å². The molecule has 1 aromatic rings. The molecule has 92 valence electrons. The molecule has 0 aliphatic carbocycles. The average molecular weight is 246 g/mol. The monoisotopic (exact) mass is 246 g/mol. The molecule has 1 aromatic heterocycles. The number of imidazole rings is 1. The Morgan fingerprint density at radius 3 is 2.75 bits per heavy atom. The van der Waals surface area contributed by atoms with E-state index in [2.05, 4.69) is 10.3 Å². The van der Waals surface area contributed by atoms with Crippen molar-refractivity contribution in [2.24, 2.45) is 0 Å². The summed E-state index contributed by atoms with van der Waals surface area (Å²) in [7, 11) is -0.102. The SMILES string of the molecule is CCn1cnc(S(=O)(=O)N(C)CCNC)c1. The Morgan fingerprint density at radius 2 is 2.25 bits per heavy atom. The second-order valence-corrected chi connectivity index (χ2v) is 5.46. The number of sulfonamides is 1. The molecule has 0 radical (unpaired) electrons. The van der Waals surface area contributed by atoms with Crippen LogP contribution in [0.5, 0.6) is 0 Å². The van der Waals surface area contributed by atoms with E-state index >= 15 is 0 Å². The fourth-order valence-electron chi connectivity index (χ4n) is 1.19. The highest BCUT2D eigenvalue weighted by Gasteiger charge is 2.22. The average Bonchev–Trinajstić information content (AvgIpc) is 2.74. The van der Waals surface area contributed by atoms with Crippen molar-refractivity contribution in [1.29, 1.82) is 0 Å². The summed E-state index contributed by atoms with van der Waals surface area (Å²) in [4.78, 5) is 3.90. The first kappa shape index (κ1) is 13.1. The van der Waals surface area contributed by atoms with E-state index in [0.717, 1.165) is 0 Å². The first-order valence-corrected chi connectivity index (χ1v) is 6.59. The fourth-order valence-corrected chi connectivity index (χ4v) is 2.29. The van der Waals surface area contributed by atoms with Gasteiger partial charge in [0.1, 0.15) is 0 Å². The molecule has 16 heavy (non-hydrogen) atoms. The van der Waals surface area contributed by atoms with E-state index in [1.54, 1.807) is 24.9 Å². The molecule has 6 nitrogen and oxygen atoms in total. The number of hydrogen-bond donors (Lipinski definition) is 1. The Kier molecular flexibility index (Phi) is 4.45. The Bertz CT molecular complexity index is 426. The van der Waals surface area contributed by atoms with E-state index in [1.807, 2.05) is 6.92 Å². The van der Waals surface area contributed by atoms with Crippen molar-refractivity contribution in [2.45, 2.75) is 18.5 Å². The van der Waals surface area contributed by atoms with Gasteiger partial charge in [0.25, 0.3) is 10.0 Å². The Balaban J connectivity index is 2.84. The lowest BCUT2D eigenvalue weighted by Gasteiger charge is -2.14. The summed E-state index contributed by atoms with van der Waals surface area (Å²) in [6.45, 7) is 3.69. The molecule has 0 bridgehead atoms. The van der Waals surface area contributed by atoms with Gasteiger partial charge in [0.2, 0.25) is 0 Å². The fraction of sp³-hybridized carbons (Fsp3) is 0.667. The molecule has 0 aliphatic heterocycles. The van der Waals surface area contributed by atoms with Gasteiger partial charge in [-0.1, -0.05) is 0 Å². The third kappa shape index (κ3) is 2.81. The standard InChI is InChI=1S/C9H18N4O2S/c1-4-13-7-9(11-8-13)16(14,15)12(3)6-5-10-2/h7-8,10H,4-6H2,1-3H3. The summed E-state index contributed by atoms with van der Waals surface area (Å²) in [5.41, 5.74) is 0. The molecule has 0 saturated heterocycles. The van der Waals surface area contributed by atoms with E-state index in [4.69, 9.17) is 0 Å². The number of nitrogens with one attached hydrogen (secondary N) is 1. The van der Waals surface area contributed by atoms with Gasteiger partial charge in [-0.05, 0) is 14.0 Å². The molecule has 1 N–H and O–H groups in total. The molecule has 0 saturated carbocycles. The van der Waals surface area contributed by atoms with Gasteiger partial charge in [-0.15, -0.1) is 0 Å². The van der Waals surface area contributed by atoms with Gasteiger partial charge in [-0.25, -0.2) is 13.4 Å². The molecular formula is C9H18N4O2S. The van der Waals surface area contributed by atoms with E-state index in [9.17, 15) is 8.42 Å². The number of likely N-dealkylation sites (N-methyl/N-ethyl adjacent to an activating group) is 2. The molecule has 0 amide bonds. The van der Waals surface area contributed by atoms with E-state index in [1.165, 1.54) is 10.6 Å². The molecule has 0 spiro atoms. The van der Waals surface area contributed by atoms with Crippen LogP contribution in [0.4, 0.5) is 0 Å². The smallest absolute Gasteiger partial charge is 0.261 e. The maximum absolute atomic E-state index is 12.0. The summed E-state index contributed by atoms with van der Waals surface area (Å²) < 4.78 is 27.0. The lowest BCUT2D eigenvalue weighted by molar-refractivity contribution is 0.463. The minimum absolute atomic E-state index is 0.105. The van der Waals surface area contributed by atoms with Crippen LogP contribution >= 0.6 is 0 Å². The first-order chi connectivity index (χ1) is 7.52. The number of hydrogen-bond acceptors (Lipinski definition) is 4. The summed E-state index contributed by atoms with van der Waals surface area (Å²) in [5, 5.41) is 3.01. The molecular weight excluding hydrogens is 228 g/mol. The predicted molar refractivity (Wildman–Crippen MR) is 61.6 cm³/mol. The van der Waals surface area contributed by atoms with Gasteiger partial charge in [0.15, 0.2) is 5.03 Å². The van der Waals surface area contributed by atoms with Crippen molar-refractivity contribution in [2.75, 3.05) is 27.2 Å². The van der Waals surface area contributed by atoms with Crippen molar-refractivity contribution >= 4 is 10.0 Å². The van der Waals surface area contributed by atoms with Crippen LogP contribution in [0.2, 0.25) is 0 Å². The third-order valence-electron chi connectivity index (χ3n) is 2.33. The van der Waals surface area contributed by atoms with Gasteiger partial charge in [0, 0.05) is 32.9 Å². The van der Waals surface area contributed by atoms with Crippen molar-refractivity contribution < 1.29 is 8.42 Å². The molecule has 0 aliphatic rings. The van der Waals surface area contributed by atoms with Crippen LogP contribution in [-0.4, -0.2) is 49.5 Å². The molecule has 0 aromatic carbocycles. The highest BCUT2D eigenvalue weighted by atomic mass is 32.2. The van der Waals surface area contributed by atoms with Crippen LogP contribution in [0.1, 0.15) is 6.92 Å². The van der Waals surface area contributed by atoms with E-state index in [0.29, 0.717) is 19.6 Å². The zero-order valence-corrected chi connectivity index (χ0v) is 10.7. The highest BCUT2D eigenvalue weighted by molar-refractivity contribution is 7.89. The minimum atomic E-state index is -3.44. The lowest BCUT2D eigenvalue weighted by atomic mass is 10.6. The van der Waals surface area contributed by atoms with Gasteiger partial charge in [0.05, 0.1) is 6.33 Å². The molecule has 7 heteroatoms. The van der Waals surface area contributed by atoms with Crippen LogP contribution in [0.25, 0.3) is 0 Å². The van der Waals surface area contributed by atoms with Crippen LogP contribution in [0.3, 0.4) is 0 Å².